The Morgan fingerprint density at radius 3 is 2.45 bits per heavy atom. The third-order valence-electron chi connectivity index (χ3n) is 3.87. The average molecular weight is 306 g/mol. The Morgan fingerprint density at radius 1 is 1.23 bits per heavy atom. The summed E-state index contributed by atoms with van der Waals surface area (Å²) in [5.41, 5.74) is 2.16. The van der Waals surface area contributed by atoms with Crippen molar-refractivity contribution in [2.75, 3.05) is 7.11 Å². The van der Waals surface area contributed by atoms with Gasteiger partial charge in [-0.25, -0.2) is 0 Å². The van der Waals surface area contributed by atoms with E-state index in [9.17, 15) is 5.11 Å². The fourth-order valence-electron chi connectivity index (χ4n) is 2.31. The van der Waals surface area contributed by atoms with E-state index in [0.29, 0.717) is 6.61 Å². The lowest BCUT2D eigenvalue weighted by atomic mass is 10.0. The van der Waals surface area contributed by atoms with Crippen molar-refractivity contribution in [3.63, 3.8) is 0 Å². The molecule has 2 atom stereocenters. The van der Waals surface area contributed by atoms with Crippen LogP contribution in [-0.2, 0) is 11.3 Å². The maximum absolute atomic E-state index is 10.4. The van der Waals surface area contributed by atoms with Gasteiger partial charge in [0.1, 0.15) is 11.9 Å². The second-order valence-corrected chi connectivity index (χ2v) is 5.58. The Morgan fingerprint density at radius 2 is 1.91 bits per heavy atom. The summed E-state index contributed by atoms with van der Waals surface area (Å²) >= 11 is 0. The average Bonchev–Trinajstić information content (AvgIpc) is 2.56. The van der Waals surface area contributed by atoms with Crippen LogP contribution in [0.3, 0.4) is 0 Å². The highest BCUT2D eigenvalue weighted by Gasteiger charge is 2.18. The molecule has 0 fully saturated rings. The summed E-state index contributed by atoms with van der Waals surface area (Å²) in [5.74, 6) is 0.837. The monoisotopic (exact) mass is 306 g/mol. The van der Waals surface area contributed by atoms with E-state index in [1.54, 1.807) is 7.11 Å². The normalized spacial score (nSPS) is 14.7. The van der Waals surface area contributed by atoms with Gasteiger partial charge in [-0.15, -0.1) is 0 Å². The third kappa shape index (κ3) is 6.20. The van der Waals surface area contributed by atoms with E-state index < -0.39 is 6.10 Å². The van der Waals surface area contributed by atoms with Crippen LogP contribution in [0.15, 0.2) is 35.9 Å². The number of hydrogen-bond donors (Lipinski definition) is 1. The summed E-state index contributed by atoms with van der Waals surface area (Å²) in [6, 6.07) is 7.80. The predicted octanol–water partition coefficient (Wildman–Crippen LogP) is 4.49. The van der Waals surface area contributed by atoms with Gasteiger partial charge in [0.05, 0.1) is 19.8 Å². The van der Waals surface area contributed by atoms with Crippen molar-refractivity contribution in [3.8, 4) is 5.75 Å². The first-order chi connectivity index (χ1) is 10.6. The Hall–Kier alpha value is -1.32. The lowest BCUT2D eigenvalue weighted by molar-refractivity contribution is -0.0208. The zero-order chi connectivity index (χ0) is 16.4. The van der Waals surface area contributed by atoms with Crippen molar-refractivity contribution in [1.29, 1.82) is 0 Å². The molecule has 0 unspecified atom stereocenters. The number of benzene rings is 1. The van der Waals surface area contributed by atoms with Gasteiger partial charge in [-0.05, 0) is 43.0 Å². The Labute approximate surface area is 135 Å². The summed E-state index contributed by atoms with van der Waals surface area (Å²) in [6.07, 6.45) is 5.66. The molecule has 22 heavy (non-hydrogen) atoms. The van der Waals surface area contributed by atoms with E-state index in [4.69, 9.17) is 9.47 Å². The number of methoxy groups -OCH3 is 1. The van der Waals surface area contributed by atoms with Crippen LogP contribution in [0, 0.1) is 0 Å². The maximum Gasteiger partial charge on any atom is 0.118 e. The molecule has 3 heteroatoms. The second-order valence-electron chi connectivity index (χ2n) is 5.58. The predicted molar refractivity (Wildman–Crippen MR) is 91.2 cm³/mol. The van der Waals surface area contributed by atoms with Crippen LogP contribution in [0.1, 0.15) is 52.0 Å². The summed E-state index contributed by atoms with van der Waals surface area (Å²) in [5, 5.41) is 10.4. The molecule has 0 bridgehead atoms. The molecular weight excluding hydrogens is 276 g/mol. The molecular formula is C19H30O3. The van der Waals surface area contributed by atoms with Crippen molar-refractivity contribution >= 4 is 0 Å². The standard InChI is InChI=1S/C19H30O3/c1-5-7-8-9-17(6-2)19(20)15(3)22-14-16-10-12-18(21-4)13-11-16/h9-13,15,19-20H,5-8,14H2,1-4H3/b17-9-/t15-,19+/m0/s1. The molecule has 3 nitrogen and oxygen atoms in total. The van der Waals surface area contributed by atoms with Gasteiger partial charge in [0.25, 0.3) is 0 Å². The molecule has 0 aliphatic carbocycles. The molecule has 1 aromatic carbocycles. The van der Waals surface area contributed by atoms with E-state index in [-0.39, 0.29) is 6.10 Å². The Balaban J connectivity index is 2.51. The summed E-state index contributed by atoms with van der Waals surface area (Å²) in [4.78, 5) is 0. The number of hydrogen-bond acceptors (Lipinski definition) is 3. The van der Waals surface area contributed by atoms with Gasteiger partial charge in [-0.2, -0.15) is 0 Å². The minimum absolute atomic E-state index is 0.213. The number of rotatable bonds is 10. The zero-order valence-electron chi connectivity index (χ0n) is 14.3. The number of aliphatic hydroxyl groups is 1. The van der Waals surface area contributed by atoms with Gasteiger partial charge < -0.3 is 14.6 Å². The molecule has 0 aliphatic heterocycles. The molecule has 0 aliphatic rings. The highest BCUT2D eigenvalue weighted by Crippen LogP contribution is 2.17. The molecule has 0 saturated carbocycles. The van der Waals surface area contributed by atoms with E-state index in [2.05, 4.69) is 19.9 Å². The van der Waals surface area contributed by atoms with Crippen LogP contribution >= 0.6 is 0 Å². The largest absolute Gasteiger partial charge is 0.497 e. The van der Waals surface area contributed by atoms with Crippen LogP contribution < -0.4 is 4.74 Å². The molecule has 1 aromatic rings. The minimum atomic E-state index is -0.528. The van der Waals surface area contributed by atoms with Crippen LogP contribution in [0.25, 0.3) is 0 Å². The smallest absolute Gasteiger partial charge is 0.118 e. The summed E-state index contributed by atoms with van der Waals surface area (Å²) in [6.45, 7) is 6.68. The highest BCUT2D eigenvalue weighted by molar-refractivity contribution is 5.26. The maximum atomic E-state index is 10.4. The first-order valence-corrected chi connectivity index (χ1v) is 8.23. The Kier molecular flexibility index (Phi) is 8.86. The molecule has 0 spiro atoms. The van der Waals surface area contributed by atoms with Crippen LogP contribution in [0.5, 0.6) is 5.75 Å². The van der Waals surface area contributed by atoms with Gasteiger partial charge in [0, 0.05) is 0 Å². The fraction of sp³-hybridized carbons (Fsp3) is 0.579. The van der Waals surface area contributed by atoms with Gasteiger partial charge in [-0.1, -0.05) is 44.9 Å². The lowest BCUT2D eigenvalue weighted by Gasteiger charge is -2.22. The van der Waals surface area contributed by atoms with Crippen molar-refractivity contribution in [2.45, 2.75) is 65.3 Å². The molecule has 124 valence electrons. The second kappa shape index (κ2) is 10.4. The van der Waals surface area contributed by atoms with Crippen molar-refractivity contribution in [3.05, 3.63) is 41.5 Å². The van der Waals surface area contributed by atoms with Gasteiger partial charge in [0.2, 0.25) is 0 Å². The van der Waals surface area contributed by atoms with Gasteiger partial charge >= 0.3 is 0 Å². The molecule has 0 heterocycles. The number of allylic oxidation sites excluding steroid dienone is 1. The van der Waals surface area contributed by atoms with Crippen molar-refractivity contribution in [1.82, 2.24) is 0 Å². The SMILES string of the molecule is CCCC/C=C(/CC)[C@H](O)[C@H](C)OCc1ccc(OC)cc1. The minimum Gasteiger partial charge on any atom is -0.497 e. The number of aliphatic hydroxyl groups excluding tert-OH is 1. The summed E-state index contributed by atoms with van der Waals surface area (Å²) in [7, 11) is 1.65. The fourth-order valence-corrected chi connectivity index (χ4v) is 2.31. The first-order valence-electron chi connectivity index (χ1n) is 8.23. The van der Waals surface area contributed by atoms with E-state index in [1.165, 1.54) is 6.42 Å². The van der Waals surface area contributed by atoms with E-state index in [0.717, 1.165) is 36.1 Å². The zero-order valence-corrected chi connectivity index (χ0v) is 14.3. The quantitative estimate of drug-likeness (QED) is 0.511. The third-order valence-corrected chi connectivity index (χ3v) is 3.87. The van der Waals surface area contributed by atoms with Crippen molar-refractivity contribution in [2.24, 2.45) is 0 Å². The van der Waals surface area contributed by atoms with Gasteiger partial charge in [-0.3, -0.25) is 0 Å². The molecule has 0 saturated heterocycles. The first kappa shape index (κ1) is 18.7. The van der Waals surface area contributed by atoms with E-state index in [1.807, 2.05) is 31.2 Å². The number of ether oxygens (including phenoxy) is 2. The lowest BCUT2D eigenvalue weighted by Crippen LogP contribution is -2.27. The van der Waals surface area contributed by atoms with Crippen molar-refractivity contribution < 1.29 is 14.6 Å². The number of unbranched alkanes of at least 4 members (excludes halogenated alkanes) is 2. The van der Waals surface area contributed by atoms with Crippen LogP contribution in [0.2, 0.25) is 0 Å². The summed E-state index contributed by atoms with van der Waals surface area (Å²) < 4.78 is 11.0. The molecule has 0 aromatic heterocycles. The Bertz CT molecular complexity index is 436. The molecule has 0 amide bonds. The van der Waals surface area contributed by atoms with Crippen LogP contribution in [0.4, 0.5) is 0 Å². The topological polar surface area (TPSA) is 38.7 Å². The van der Waals surface area contributed by atoms with Gasteiger partial charge in [0.15, 0.2) is 0 Å². The molecule has 1 rings (SSSR count). The van der Waals surface area contributed by atoms with Crippen LogP contribution in [-0.4, -0.2) is 24.4 Å². The molecule has 1 N–H and O–H groups in total. The van der Waals surface area contributed by atoms with E-state index >= 15 is 0 Å². The molecule has 0 radical (unpaired) electrons. The highest BCUT2D eigenvalue weighted by atomic mass is 16.5.